The largest absolute Gasteiger partial charge is 0.396 e. The summed E-state index contributed by atoms with van der Waals surface area (Å²) >= 11 is 0. The van der Waals surface area contributed by atoms with E-state index in [4.69, 9.17) is 5.73 Å². The van der Waals surface area contributed by atoms with Gasteiger partial charge in [-0.05, 0) is 38.0 Å². The van der Waals surface area contributed by atoms with Crippen molar-refractivity contribution in [1.29, 1.82) is 0 Å². The van der Waals surface area contributed by atoms with Gasteiger partial charge in [0.15, 0.2) is 0 Å². The van der Waals surface area contributed by atoms with Gasteiger partial charge in [0.1, 0.15) is 5.69 Å². The molecule has 19 heavy (non-hydrogen) atoms. The molecule has 2 rings (SSSR count). The summed E-state index contributed by atoms with van der Waals surface area (Å²) in [5, 5.41) is 7.21. The van der Waals surface area contributed by atoms with Gasteiger partial charge in [0.05, 0.1) is 11.9 Å². The number of rotatable bonds is 3. The average molecular weight is 264 g/mol. The Morgan fingerprint density at radius 3 is 2.84 bits per heavy atom. The van der Waals surface area contributed by atoms with Gasteiger partial charge in [0, 0.05) is 12.6 Å². The minimum Gasteiger partial charge on any atom is -0.396 e. The van der Waals surface area contributed by atoms with Crippen LogP contribution in [-0.4, -0.2) is 21.7 Å². The number of nitrogens with zero attached hydrogens (tertiary/aromatic N) is 2. The Morgan fingerprint density at radius 1 is 1.47 bits per heavy atom. The number of nitrogen functional groups attached to an aromatic ring is 1. The molecule has 3 atom stereocenters. The zero-order valence-corrected chi connectivity index (χ0v) is 12.0. The van der Waals surface area contributed by atoms with E-state index in [1.807, 2.05) is 6.92 Å². The number of carbonyl (C=O) groups is 1. The van der Waals surface area contributed by atoms with Gasteiger partial charge < -0.3 is 11.1 Å². The fraction of sp³-hybridized carbons (Fsp3) is 0.714. The van der Waals surface area contributed by atoms with Crippen molar-refractivity contribution in [3.05, 3.63) is 11.9 Å². The van der Waals surface area contributed by atoms with E-state index in [1.165, 1.54) is 6.42 Å². The lowest BCUT2D eigenvalue weighted by molar-refractivity contribution is 0.0900. The van der Waals surface area contributed by atoms with E-state index < -0.39 is 0 Å². The molecule has 1 amide bonds. The first-order valence-corrected chi connectivity index (χ1v) is 7.15. The van der Waals surface area contributed by atoms with Crippen LogP contribution >= 0.6 is 0 Å². The zero-order chi connectivity index (χ0) is 14.0. The summed E-state index contributed by atoms with van der Waals surface area (Å²) in [5.74, 6) is 1.32. The molecule has 0 spiro atoms. The number of nitrogens with one attached hydrogen (secondary N) is 1. The highest BCUT2D eigenvalue weighted by atomic mass is 16.2. The highest BCUT2D eigenvalue weighted by Gasteiger charge is 2.27. The molecule has 0 radical (unpaired) electrons. The predicted octanol–water partition coefficient (Wildman–Crippen LogP) is 2.04. The lowest BCUT2D eigenvalue weighted by Crippen LogP contribution is -2.40. The van der Waals surface area contributed by atoms with Gasteiger partial charge in [-0.2, -0.15) is 5.10 Å². The number of nitrogens with two attached hydrogens (primary N) is 1. The van der Waals surface area contributed by atoms with Gasteiger partial charge in [-0.25, -0.2) is 0 Å². The number of hydrogen-bond donors (Lipinski definition) is 2. The first kappa shape index (κ1) is 13.9. The molecular weight excluding hydrogens is 240 g/mol. The molecule has 1 aliphatic rings. The number of anilines is 1. The minimum atomic E-state index is -0.0939. The average Bonchev–Trinajstić information content (AvgIpc) is 2.75. The van der Waals surface area contributed by atoms with Gasteiger partial charge in [-0.3, -0.25) is 9.48 Å². The molecule has 106 valence electrons. The van der Waals surface area contributed by atoms with Gasteiger partial charge in [0.2, 0.25) is 0 Å². The van der Waals surface area contributed by atoms with Crippen molar-refractivity contribution >= 4 is 11.6 Å². The quantitative estimate of drug-likeness (QED) is 0.877. The number of aryl methyl sites for hydroxylation is 1. The molecule has 5 heteroatoms. The summed E-state index contributed by atoms with van der Waals surface area (Å²) in [6, 6.07) is 0.262. The van der Waals surface area contributed by atoms with Crippen LogP contribution in [0.2, 0.25) is 0 Å². The maximum atomic E-state index is 12.3. The normalized spacial score (nSPS) is 27.2. The third-order valence-corrected chi connectivity index (χ3v) is 4.32. The molecule has 1 heterocycles. The smallest absolute Gasteiger partial charge is 0.271 e. The molecule has 3 unspecified atom stereocenters. The van der Waals surface area contributed by atoms with Gasteiger partial charge in [-0.1, -0.05) is 13.8 Å². The Kier molecular flexibility index (Phi) is 4.12. The van der Waals surface area contributed by atoms with Crippen LogP contribution in [0.3, 0.4) is 0 Å². The Hall–Kier alpha value is -1.52. The van der Waals surface area contributed by atoms with Crippen LogP contribution in [0, 0.1) is 11.8 Å². The summed E-state index contributed by atoms with van der Waals surface area (Å²) < 4.78 is 1.65. The van der Waals surface area contributed by atoms with Gasteiger partial charge in [0.25, 0.3) is 5.91 Å². The minimum absolute atomic E-state index is 0.0939. The molecule has 1 aromatic heterocycles. The number of aromatic nitrogens is 2. The standard InChI is InChI=1S/C14H24N4O/c1-4-18-13(12(15)8-16-18)14(19)17-11-6-5-9(2)10(3)7-11/h8-11H,4-7,15H2,1-3H3,(H,17,19). The monoisotopic (exact) mass is 264 g/mol. The molecule has 0 bridgehead atoms. The van der Waals surface area contributed by atoms with Crippen LogP contribution in [0.4, 0.5) is 5.69 Å². The number of hydrogen-bond acceptors (Lipinski definition) is 3. The fourth-order valence-electron chi connectivity index (χ4n) is 2.82. The zero-order valence-electron chi connectivity index (χ0n) is 12.0. The topological polar surface area (TPSA) is 72.9 Å². The summed E-state index contributed by atoms with van der Waals surface area (Å²) in [5.41, 5.74) is 6.78. The molecule has 1 fully saturated rings. The highest BCUT2D eigenvalue weighted by Crippen LogP contribution is 2.29. The van der Waals surface area contributed by atoms with Crippen molar-refractivity contribution in [3.8, 4) is 0 Å². The van der Waals surface area contributed by atoms with Crippen LogP contribution in [0.1, 0.15) is 50.5 Å². The summed E-state index contributed by atoms with van der Waals surface area (Å²) in [7, 11) is 0. The molecule has 3 N–H and O–H groups in total. The Bertz CT molecular complexity index is 454. The van der Waals surface area contributed by atoms with Gasteiger partial charge in [-0.15, -0.1) is 0 Å². The third-order valence-electron chi connectivity index (χ3n) is 4.32. The highest BCUT2D eigenvalue weighted by molar-refractivity contribution is 5.97. The molecule has 1 aliphatic carbocycles. The fourth-order valence-corrected chi connectivity index (χ4v) is 2.82. The van der Waals surface area contributed by atoms with E-state index in [0.717, 1.165) is 18.8 Å². The molecule has 0 aromatic carbocycles. The molecule has 0 aliphatic heterocycles. The van der Waals surface area contributed by atoms with E-state index in [9.17, 15) is 4.79 Å². The summed E-state index contributed by atoms with van der Waals surface area (Å²) in [6.45, 7) is 7.14. The SMILES string of the molecule is CCn1ncc(N)c1C(=O)NC1CCC(C)C(C)C1. The lowest BCUT2D eigenvalue weighted by Gasteiger charge is -2.32. The number of carbonyl (C=O) groups excluding carboxylic acids is 1. The van der Waals surface area contributed by atoms with E-state index in [2.05, 4.69) is 24.3 Å². The first-order chi connectivity index (χ1) is 9.02. The Labute approximate surface area is 114 Å². The summed E-state index contributed by atoms with van der Waals surface area (Å²) in [4.78, 5) is 12.3. The van der Waals surface area contributed by atoms with Crippen LogP contribution in [-0.2, 0) is 6.54 Å². The molecular formula is C14H24N4O. The van der Waals surface area contributed by atoms with Crippen LogP contribution < -0.4 is 11.1 Å². The second kappa shape index (κ2) is 5.63. The van der Waals surface area contributed by atoms with E-state index in [0.29, 0.717) is 23.8 Å². The molecule has 1 aromatic rings. The first-order valence-electron chi connectivity index (χ1n) is 7.15. The molecule has 0 saturated heterocycles. The second-order valence-electron chi connectivity index (χ2n) is 5.70. The summed E-state index contributed by atoms with van der Waals surface area (Å²) in [6.07, 6.45) is 4.82. The molecule has 5 nitrogen and oxygen atoms in total. The van der Waals surface area contributed by atoms with Crippen molar-refractivity contribution in [3.63, 3.8) is 0 Å². The van der Waals surface area contributed by atoms with Crippen molar-refractivity contribution in [2.45, 2.75) is 52.6 Å². The van der Waals surface area contributed by atoms with E-state index in [-0.39, 0.29) is 11.9 Å². The van der Waals surface area contributed by atoms with Crippen LogP contribution in [0.25, 0.3) is 0 Å². The number of amides is 1. The predicted molar refractivity (Wildman–Crippen MR) is 75.7 cm³/mol. The van der Waals surface area contributed by atoms with Crippen molar-refractivity contribution < 1.29 is 4.79 Å². The van der Waals surface area contributed by atoms with Crippen LogP contribution in [0.5, 0.6) is 0 Å². The molecule has 1 saturated carbocycles. The van der Waals surface area contributed by atoms with Gasteiger partial charge >= 0.3 is 0 Å². The lowest BCUT2D eigenvalue weighted by atomic mass is 9.79. The third kappa shape index (κ3) is 2.91. The Morgan fingerprint density at radius 2 is 2.21 bits per heavy atom. The maximum Gasteiger partial charge on any atom is 0.271 e. The van der Waals surface area contributed by atoms with Crippen molar-refractivity contribution in [1.82, 2.24) is 15.1 Å². The van der Waals surface area contributed by atoms with E-state index in [1.54, 1.807) is 10.9 Å². The van der Waals surface area contributed by atoms with E-state index >= 15 is 0 Å². The maximum absolute atomic E-state index is 12.3. The van der Waals surface area contributed by atoms with Crippen molar-refractivity contribution in [2.24, 2.45) is 11.8 Å². The second-order valence-corrected chi connectivity index (χ2v) is 5.70. The van der Waals surface area contributed by atoms with Crippen molar-refractivity contribution in [2.75, 3.05) is 5.73 Å². The Balaban J connectivity index is 2.03. The van der Waals surface area contributed by atoms with Crippen LogP contribution in [0.15, 0.2) is 6.20 Å².